The monoisotopic (exact) mass is 702 g/mol. The van der Waals surface area contributed by atoms with Gasteiger partial charge in [0.05, 0.1) is 11.0 Å². The second kappa shape index (κ2) is 12.6. The van der Waals surface area contributed by atoms with Gasteiger partial charge in [-0.3, -0.25) is 0 Å². The quantitative estimate of drug-likeness (QED) is 0.172. The highest BCUT2D eigenvalue weighted by atomic mass is 16.3. The zero-order valence-corrected chi connectivity index (χ0v) is 29.9. The first-order chi connectivity index (χ1) is 27.3. The van der Waals surface area contributed by atoms with Crippen LogP contribution in [0.4, 0.5) is 17.1 Å². The minimum atomic E-state index is 0.894. The first-order valence-corrected chi connectivity index (χ1v) is 18.8. The van der Waals surface area contributed by atoms with E-state index in [1.807, 2.05) is 12.1 Å². The lowest BCUT2D eigenvalue weighted by Gasteiger charge is -2.26. The van der Waals surface area contributed by atoms with Crippen molar-refractivity contribution in [2.75, 3.05) is 4.90 Å². The van der Waals surface area contributed by atoms with Crippen molar-refractivity contribution in [3.63, 3.8) is 0 Å². The lowest BCUT2D eigenvalue weighted by molar-refractivity contribution is 0.669. The summed E-state index contributed by atoms with van der Waals surface area (Å²) in [5, 5.41) is 7.26. The molecule has 258 valence electrons. The van der Waals surface area contributed by atoms with E-state index in [9.17, 15) is 0 Å². The molecule has 2 aromatic heterocycles. The smallest absolute Gasteiger partial charge is 0.136 e. The molecule has 0 radical (unpaired) electrons. The van der Waals surface area contributed by atoms with Crippen LogP contribution in [0.25, 0.3) is 82.5 Å². The number of aromatic nitrogens is 1. The highest BCUT2D eigenvalue weighted by molar-refractivity contribution is 6.18. The van der Waals surface area contributed by atoms with Crippen molar-refractivity contribution in [3.05, 3.63) is 206 Å². The van der Waals surface area contributed by atoms with Crippen LogP contribution < -0.4 is 4.90 Å². The van der Waals surface area contributed by atoms with Crippen molar-refractivity contribution >= 4 is 71.6 Å². The second-order valence-electron chi connectivity index (χ2n) is 14.1. The van der Waals surface area contributed by atoms with E-state index < -0.39 is 0 Å². The Balaban J connectivity index is 1.07. The molecule has 0 unspecified atom stereocenters. The summed E-state index contributed by atoms with van der Waals surface area (Å²) in [4.78, 5) is 2.36. The topological polar surface area (TPSA) is 21.3 Å². The third-order valence-corrected chi connectivity index (χ3v) is 11.0. The van der Waals surface area contributed by atoms with Gasteiger partial charge in [-0.2, -0.15) is 0 Å². The normalized spacial score (nSPS) is 11.6. The van der Waals surface area contributed by atoms with E-state index in [-0.39, 0.29) is 0 Å². The summed E-state index contributed by atoms with van der Waals surface area (Å²) in [7, 11) is 0. The molecule has 9 aromatic carbocycles. The number of furan rings is 1. The van der Waals surface area contributed by atoms with Crippen LogP contribution in [-0.2, 0) is 0 Å². The molecule has 0 aliphatic heterocycles. The maximum Gasteiger partial charge on any atom is 0.136 e. The lowest BCUT2D eigenvalue weighted by atomic mass is 9.98. The maximum absolute atomic E-state index is 6.29. The van der Waals surface area contributed by atoms with Crippen LogP contribution in [0.2, 0.25) is 0 Å². The van der Waals surface area contributed by atoms with E-state index >= 15 is 0 Å². The molecule has 0 saturated carbocycles. The van der Waals surface area contributed by atoms with Gasteiger partial charge in [0.15, 0.2) is 0 Å². The number of anilines is 3. The van der Waals surface area contributed by atoms with Crippen LogP contribution >= 0.6 is 0 Å². The minimum Gasteiger partial charge on any atom is -0.456 e. The highest BCUT2D eigenvalue weighted by Gasteiger charge is 2.19. The van der Waals surface area contributed by atoms with E-state index in [0.717, 1.165) is 55.8 Å². The van der Waals surface area contributed by atoms with Gasteiger partial charge in [0.2, 0.25) is 0 Å². The van der Waals surface area contributed by atoms with Gasteiger partial charge in [-0.25, -0.2) is 0 Å². The fourth-order valence-electron chi connectivity index (χ4n) is 8.46. The highest BCUT2D eigenvalue weighted by Crippen LogP contribution is 2.42. The minimum absolute atomic E-state index is 0.894. The predicted octanol–water partition coefficient (Wildman–Crippen LogP) is 14.6. The average Bonchev–Trinajstić information content (AvgIpc) is 3.81. The summed E-state index contributed by atoms with van der Waals surface area (Å²) in [5.41, 5.74) is 13.2. The number of benzene rings is 9. The SMILES string of the molecule is c1ccc(-c2ccc(N(c3ccc(-n4c5ccccc5c5ccc6ccccc6c54)cc3)c3cccc(-c4cccc5oc6ccccc6c45)c3)cc2)cc1. The Labute approximate surface area is 318 Å². The van der Waals surface area contributed by atoms with Crippen LogP contribution in [0, 0.1) is 0 Å². The number of hydrogen-bond donors (Lipinski definition) is 0. The Hall–Kier alpha value is -7.36. The molecule has 0 aliphatic rings. The first kappa shape index (κ1) is 31.2. The summed E-state index contributed by atoms with van der Waals surface area (Å²) < 4.78 is 8.71. The van der Waals surface area contributed by atoms with Gasteiger partial charge in [0.1, 0.15) is 11.2 Å². The lowest BCUT2D eigenvalue weighted by Crippen LogP contribution is -2.10. The molecule has 0 atom stereocenters. The number of hydrogen-bond acceptors (Lipinski definition) is 2. The Morgan fingerprint density at radius 2 is 1.02 bits per heavy atom. The third-order valence-electron chi connectivity index (χ3n) is 11.0. The standard InChI is InChI=1S/C52H34N2O/c1-2-12-35(13-3-1)36-24-27-39(28-25-36)53(42-16-10-15-38(34-42)43-20-11-23-50-51(43)47-19-7-9-22-49(47)55-50)40-29-31-41(32-30-40)54-48-21-8-6-18-45(48)46-33-26-37-14-4-5-17-44(37)52(46)54/h1-34H. The van der Waals surface area contributed by atoms with Crippen LogP contribution in [0.1, 0.15) is 0 Å². The van der Waals surface area contributed by atoms with Crippen LogP contribution in [-0.4, -0.2) is 4.57 Å². The van der Waals surface area contributed by atoms with Crippen molar-refractivity contribution < 1.29 is 4.42 Å². The number of nitrogens with zero attached hydrogens (tertiary/aromatic N) is 2. The molecule has 0 N–H and O–H groups in total. The van der Waals surface area contributed by atoms with Gasteiger partial charge in [0, 0.05) is 49.7 Å². The van der Waals surface area contributed by atoms with Crippen molar-refractivity contribution in [3.8, 4) is 27.9 Å². The van der Waals surface area contributed by atoms with Crippen molar-refractivity contribution in [2.45, 2.75) is 0 Å². The molecule has 0 spiro atoms. The van der Waals surface area contributed by atoms with Crippen LogP contribution in [0.5, 0.6) is 0 Å². The second-order valence-corrected chi connectivity index (χ2v) is 14.1. The zero-order valence-electron chi connectivity index (χ0n) is 29.9. The molecule has 2 heterocycles. The summed E-state index contributed by atoms with van der Waals surface area (Å²) in [5.74, 6) is 0. The zero-order chi connectivity index (χ0) is 36.3. The van der Waals surface area contributed by atoms with E-state index in [1.54, 1.807) is 0 Å². The predicted molar refractivity (Wildman–Crippen MR) is 231 cm³/mol. The fraction of sp³-hybridized carbons (Fsp3) is 0. The summed E-state index contributed by atoms with van der Waals surface area (Å²) >= 11 is 0. The largest absolute Gasteiger partial charge is 0.456 e. The van der Waals surface area contributed by atoms with Crippen LogP contribution in [0.15, 0.2) is 211 Å². The van der Waals surface area contributed by atoms with E-state index in [4.69, 9.17) is 4.42 Å². The third kappa shape index (κ3) is 5.13. The molecule has 3 heteroatoms. The van der Waals surface area contributed by atoms with Gasteiger partial charge < -0.3 is 13.9 Å². The summed E-state index contributed by atoms with van der Waals surface area (Å²) in [6.07, 6.45) is 0. The van der Waals surface area contributed by atoms with Gasteiger partial charge in [-0.15, -0.1) is 0 Å². The van der Waals surface area contributed by atoms with Gasteiger partial charge in [0.25, 0.3) is 0 Å². The molecule has 55 heavy (non-hydrogen) atoms. The molecular weight excluding hydrogens is 669 g/mol. The first-order valence-electron chi connectivity index (χ1n) is 18.8. The van der Waals surface area contributed by atoms with Gasteiger partial charge >= 0.3 is 0 Å². The number of fused-ring (bicyclic) bond motifs is 8. The van der Waals surface area contributed by atoms with Crippen molar-refractivity contribution in [1.29, 1.82) is 0 Å². The van der Waals surface area contributed by atoms with E-state index in [1.165, 1.54) is 43.7 Å². The molecule has 11 rings (SSSR count). The molecule has 11 aromatic rings. The van der Waals surface area contributed by atoms with Gasteiger partial charge in [-0.1, -0.05) is 140 Å². The molecule has 0 bridgehead atoms. The maximum atomic E-state index is 6.29. The Bertz CT molecular complexity index is 3190. The average molecular weight is 703 g/mol. The van der Waals surface area contributed by atoms with Crippen LogP contribution in [0.3, 0.4) is 0 Å². The Morgan fingerprint density at radius 1 is 0.382 bits per heavy atom. The van der Waals surface area contributed by atoms with Gasteiger partial charge in [-0.05, 0) is 94.4 Å². The molecule has 3 nitrogen and oxygen atoms in total. The van der Waals surface area contributed by atoms with E-state index in [2.05, 4.69) is 204 Å². The number of para-hydroxylation sites is 2. The Morgan fingerprint density at radius 3 is 1.85 bits per heavy atom. The molecular formula is C52H34N2O. The number of rotatable bonds is 6. The molecule has 0 saturated heterocycles. The molecule has 0 aliphatic carbocycles. The summed E-state index contributed by atoms with van der Waals surface area (Å²) in [6, 6.07) is 73.9. The molecule has 0 amide bonds. The van der Waals surface area contributed by atoms with Crippen molar-refractivity contribution in [2.24, 2.45) is 0 Å². The van der Waals surface area contributed by atoms with Crippen molar-refractivity contribution in [1.82, 2.24) is 4.57 Å². The fourth-order valence-corrected chi connectivity index (χ4v) is 8.46. The summed E-state index contributed by atoms with van der Waals surface area (Å²) in [6.45, 7) is 0. The molecule has 0 fully saturated rings. The Kier molecular flexibility index (Phi) is 7.17. The van der Waals surface area contributed by atoms with E-state index in [0.29, 0.717) is 0 Å².